The third-order valence-corrected chi connectivity index (χ3v) is 4.34. The number of aromatic nitrogens is 5. The number of methoxy groups -OCH3 is 1. The first-order chi connectivity index (χ1) is 10.1. The molecule has 3 heterocycles. The summed E-state index contributed by atoms with van der Waals surface area (Å²) < 4.78 is 7.25. The second-order valence-electron chi connectivity index (χ2n) is 4.59. The van der Waals surface area contributed by atoms with E-state index in [2.05, 4.69) is 19.9 Å². The lowest BCUT2D eigenvalue weighted by Crippen LogP contribution is -2.06. The van der Waals surface area contributed by atoms with Crippen LogP contribution in [-0.2, 0) is 6.54 Å². The van der Waals surface area contributed by atoms with Crippen LogP contribution in [0, 0.1) is 6.92 Å². The van der Waals surface area contributed by atoms with Crippen LogP contribution in [0.5, 0.6) is 5.88 Å². The molecule has 0 aliphatic heterocycles. The Morgan fingerprint density at radius 2 is 2.19 bits per heavy atom. The molecular weight excluding hydrogens is 310 g/mol. The van der Waals surface area contributed by atoms with Gasteiger partial charge in [-0.05, 0) is 13.8 Å². The van der Waals surface area contributed by atoms with E-state index >= 15 is 0 Å². The molecule has 0 spiro atoms. The number of hydrogen-bond donors (Lipinski definition) is 0. The van der Waals surface area contributed by atoms with Crippen molar-refractivity contribution >= 4 is 34.1 Å². The number of aryl methyl sites for hydroxylation is 1. The molecule has 0 fully saturated rings. The summed E-state index contributed by atoms with van der Waals surface area (Å²) in [5.74, 6) is 1.21. The highest BCUT2D eigenvalue weighted by atomic mass is 35.5. The van der Waals surface area contributed by atoms with Gasteiger partial charge >= 0.3 is 0 Å². The molecule has 21 heavy (non-hydrogen) atoms. The van der Waals surface area contributed by atoms with Crippen molar-refractivity contribution in [2.45, 2.75) is 25.8 Å². The van der Waals surface area contributed by atoms with Gasteiger partial charge in [0.2, 0.25) is 5.88 Å². The predicted octanol–water partition coefficient (Wildman–Crippen LogP) is 2.95. The van der Waals surface area contributed by atoms with Crippen LogP contribution in [-0.4, -0.2) is 31.6 Å². The van der Waals surface area contributed by atoms with E-state index < -0.39 is 0 Å². The number of nitrogens with zero attached hydrogens (tertiary/aromatic N) is 5. The van der Waals surface area contributed by atoms with Crippen molar-refractivity contribution in [3.8, 4) is 5.88 Å². The maximum atomic E-state index is 6.27. The summed E-state index contributed by atoms with van der Waals surface area (Å²) in [6.07, 6.45) is 1.47. The monoisotopic (exact) mass is 323 g/mol. The lowest BCUT2D eigenvalue weighted by molar-refractivity contribution is 0.401. The highest BCUT2D eigenvalue weighted by Gasteiger charge is 2.20. The standard InChI is InChI=1S/C13H14ClN5OS/c1-7(14)11-18-10-12(15-5-16-13(10)20-3)19(11)4-9-8(2)17-6-21-9/h5-7H,4H2,1-3H3. The second kappa shape index (κ2) is 5.57. The Balaban J connectivity index is 2.19. The minimum atomic E-state index is -0.239. The first kappa shape index (κ1) is 14.2. The lowest BCUT2D eigenvalue weighted by Gasteiger charge is -2.09. The molecule has 3 rings (SSSR count). The number of hydrogen-bond acceptors (Lipinski definition) is 6. The highest BCUT2D eigenvalue weighted by molar-refractivity contribution is 7.09. The number of ether oxygens (including phenoxy) is 1. The van der Waals surface area contributed by atoms with Gasteiger partial charge in [0.25, 0.3) is 0 Å². The summed E-state index contributed by atoms with van der Waals surface area (Å²) in [4.78, 5) is 18.4. The first-order valence-corrected chi connectivity index (χ1v) is 7.71. The van der Waals surface area contributed by atoms with Crippen LogP contribution >= 0.6 is 22.9 Å². The summed E-state index contributed by atoms with van der Waals surface area (Å²) in [5.41, 5.74) is 4.20. The van der Waals surface area contributed by atoms with Crippen LogP contribution in [0.1, 0.15) is 28.7 Å². The molecule has 0 amide bonds. The number of imidazole rings is 1. The average Bonchev–Trinajstić information content (AvgIpc) is 3.04. The van der Waals surface area contributed by atoms with Gasteiger partial charge in [0.1, 0.15) is 12.2 Å². The fourth-order valence-electron chi connectivity index (χ4n) is 2.16. The molecule has 1 unspecified atom stereocenters. The molecule has 0 aliphatic rings. The number of halogens is 1. The van der Waals surface area contributed by atoms with Gasteiger partial charge < -0.3 is 9.30 Å². The van der Waals surface area contributed by atoms with Crippen LogP contribution < -0.4 is 4.74 Å². The van der Waals surface area contributed by atoms with E-state index in [0.29, 0.717) is 17.9 Å². The smallest absolute Gasteiger partial charge is 0.245 e. The van der Waals surface area contributed by atoms with E-state index in [0.717, 1.165) is 22.0 Å². The Hall–Kier alpha value is -1.73. The Kier molecular flexibility index (Phi) is 3.77. The van der Waals surface area contributed by atoms with E-state index in [1.165, 1.54) is 6.33 Å². The summed E-state index contributed by atoms with van der Waals surface area (Å²) in [6, 6.07) is 0. The van der Waals surface area contributed by atoms with Gasteiger partial charge in [-0.2, -0.15) is 4.98 Å². The number of rotatable bonds is 4. The molecule has 0 saturated carbocycles. The van der Waals surface area contributed by atoms with Gasteiger partial charge in [0.15, 0.2) is 11.2 Å². The quantitative estimate of drug-likeness (QED) is 0.691. The summed E-state index contributed by atoms with van der Waals surface area (Å²) in [6.45, 7) is 4.52. The Morgan fingerprint density at radius 1 is 1.38 bits per heavy atom. The largest absolute Gasteiger partial charge is 0.479 e. The topological polar surface area (TPSA) is 65.7 Å². The minimum Gasteiger partial charge on any atom is -0.479 e. The molecule has 0 aromatic carbocycles. The second-order valence-corrected chi connectivity index (χ2v) is 6.18. The summed E-state index contributed by atoms with van der Waals surface area (Å²) in [7, 11) is 1.57. The average molecular weight is 324 g/mol. The number of fused-ring (bicyclic) bond motifs is 1. The van der Waals surface area contributed by atoms with Gasteiger partial charge in [-0.15, -0.1) is 22.9 Å². The normalized spacial score (nSPS) is 12.8. The van der Waals surface area contributed by atoms with Crippen LogP contribution in [0.4, 0.5) is 0 Å². The third-order valence-electron chi connectivity index (χ3n) is 3.22. The molecule has 3 aromatic rings. The van der Waals surface area contributed by atoms with Crippen molar-refractivity contribution in [3.05, 3.63) is 28.2 Å². The molecule has 8 heteroatoms. The van der Waals surface area contributed by atoms with E-state index in [-0.39, 0.29) is 5.38 Å². The van der Waals surface area contributed by atoms with E-state index in [1.54, 1.807) is 18.4 Å². The van der Waals surface area contributed by atoms with Gasteiger partial charge in [0.05, 0.1) is 30.2 Å². The molecule has 110 valence electrons. The van der Waals surface area contributed by atoms with Gasteiger partial charge in [-0.1, -0.05) is 0 Å². The van der Waals surface area contributed by atoms with Crippen molar-refractivity contribution in [2.75, 3.05) is 7.11 Å². The van der Waals surface area contributed by atoms with Gasteiger partial charge in [-0.3, -0.25) is 0 Å². The first-order valence-electron chi connectivity index (χ1n) is 6.40. The number of thiazole rings is 1. The zero-order valence-electron chi connectivity index (χ0n) is 11.9. The van der Waals surface area contributed by atoms with Gasteiger partial charge in [0, 0.05) is 4.88 Å². The lowest BCUT2D eigenvalue weighted by atomic mass is 10.3. The zero-order valence-corrected chi connectivity index (χ0v) is 13.4. The molecule has 0 saturated heterocycles. The fraction of sp³-hybridized carbons (Fsp3) is 0.385. The Labute approximate surface area is 130 Å². The van der Waals surface area contributed by atoms with E-state index in [4.69, 9.17) is 16.3 Å². The van der Waals surface area contributed by atoms with Crippen molar-refractivity contribution in [2.24, 2.45) is 0 Å². The van der Waals surface area contributed by atoms with Crippen LogP contribution in [0.15, 0.2) is 11.8 Å². The van der Waals surface area contributed by atoms with E-state index in [1.807, 2.05) is 23.9 Å². The van der Waals surface area contributed by atoms with Crippen LogP contribution in [0.3, 0.4) is 0 Å². The molecular formula is C13H14ClN5OS. The summed E-state index contributed by atoms with van der Waals surface area (Å²) >= 11 is 7.88. The summed E-state index contributed by atoms with van der Waals surface area (Å²) in [5, 5.41) is -0.239. The molecule has 1 atom stereocenters. The highest BCUT2D eigenvalue weighted by Crippen LogP contribution is 2.29. The zero-order chi connectivity index (χ0) is 15.0. The number of alkyl halides is 1. The maximum Gasteiger partial charge on any atom is 0.245 e. The van der Waals surface area contributed by atoms with Crippen molar-refractivity contribution in [1.29, 1.82) is 0 Å². The maximum absolute atomic E-state index is 6.27. The van der Waals surface area contributed by atoms with E-state index in [9.17, 15) is 0 Å². The van der Waals surface area contributed by atoms with Gasteiger partial charge in [-0.25, -0.2) is 15.0 Å². The predicted molar refractivity (Wildman–Crippen MR) is 82.1 cm³/mol. The van der Waals surface area contributed by atoms with Crippen molar-refractivity contribution < 1.29 is 4.74 Å². The van der Waals surface area contributed by atoms with Crippen molar-refractivity contribution in [1.82, 2.24) is 24.5 Å². The molecule has 0 aliphatic carbocycles. The molecule has 3 aromatic heterocycles. The van der Waals surface area contributed by atoms with Crippen LogP contribution in [0.25, 0.3) is 11.2 Å². The molecule has 0 N–H and O–H groups in total. The molecule has 0 bridgehead atoms. The molecule has 6 nitrogen and oxygen atoms in total. The van der Waals surface area contributed by atoms with Crippen molar-refractivity contribution in [3.63, 3.8) is 0 Å². The Bertz CT molecular complexity index is 782. The Morgan fingerprint density at radius 3 is 2.81 bits per heavy atom. The SMILES string of the molecule is COc1ncnc2c1nc(C(C)Cl)n2Cc1scnc1C. The molecule has 0 radical (unpaired) electrons. The third kappa shape index (κ3) is 2.47. The van der Waals surface area contributed by atoms with Crippen LogP contribution in [0.2, 0.25) is 0 Å². The fourth-order valence-corrected chi connectivity index (χ4v) is 3.09. The minimum absolute atomic E-state index is 0.239.